The molecule has 0 N–H and O–H groups in total. The minimum absolute atomic E-state index is 0.0997. The van der Waals surface area contributed by atoms with E-state index < -0.39 is 29.8 Å². The monoisotopic (exact) mass is 472 g/mol. The van der Waals surface area contributed by atoms with E-state index in [1.54, 1.807) is 12.1 Å². The Morgan fingerprint density at radius 3 is 2.38 bits per heavy atom. The van der Waals surface area contributed by atoms with Crippen LogP contribution in [0.25, 0.3) is 21.9 Å². The molecular weight excluding hydrogens is 447 g/mol. The van der Waals surface area contributed by atoms with Crippen molar-refractivity contribution in [3.05, 3.63) is 65.5 Å². The summed E-state index contributed by atoms with van der Waals surface area (Å²) in [4.78, 5) is 0. The molecular formula is C28H25F5O. The Kier molecular flexibility index (Phi) is 7.41. The lowest BCUT2D eigenvalue weighted by Gasteiger charge is -2.25. The molecule has 34 heavy (non-hydrogen) atoms. The molecule has 1 fully saturated rings. The van der Waals surface area contributed by atoms with E-state index >= 15 is 0 Å². The van der Waals surface area contributed by atoms with E-state index in [0.29, 0.717) is 17.0 Å². The van der Waals surface area contributed by atoms with Crippen LogP contribution in [0.1, 0.15) is 51.0 Å². The van der Waals surface area contributed by atoms with Gasteiger partial charge in [0, 0.05) is 22.4 Å². The second kappa shape index (κ2) is 10.5. The van der Waals surface area contributed by atoms with Gasteiger partial charge in [0.2, 0.25) is 0 Å². The molecule has 1 saturated carbocycles. The van der Waals surface area contributed by atoms with Crippen molar-refractivity contribution in [2.24, 2.45) is 11.8 Å². The van der Waals surface area contributed by atoms with Crippen LogP contribution in [0.15, 0.2) is 42.5 Å². The van der Waals surface area contributed by atoms with Crippen LogP contribution in [-0.4, -0.2) is 6.61 Å². The number of rotatable bonds is 5. The fraction of sp³-hybridized carbons (Fsp3) is 0.357. The van der Waals surface area contributed by atoms with Gasteiger partial charge in [0.05, 0.1) is 0 Å². The van der Waals surface area contributed by atoms with Crippen LogP contribution in [-0.2, 0) is 0 Å². The van der Waals surface area contributed by atoms with Crippen LogP contribution < -0.4 is 4.74 Å². The zero-order chi connectivity index (χ0) is 24.2. The van der Waals surface area contributed by atoms with Gasteiger partial charge in [-0.15, -0.1) is 0 Å². The predicted molar refractivity (Wildman–Crippen MR) is 123 cm³/mol. The van der Waals surface area contributed by atoms with Crippen LogP contribution >= 0.6 is 0 Å². The summed E-state index contributed by atoms with van der Waals surface area (Å²) in [6.45, 7) is -1.15. The maximum atomic E-state index is 14.9. The molecule has 3 aromatic carbocycles. The van der Waals surface area contributed by atoms with E-state index in [-0.39, 0.29) is 16.3 Å². The van der Waals surface area contributed by atoms with E-state index in [1.165, 1.54) is 49.9 Å². The number of benzene rings is 3. The largest absolute Gasteiger partial charge is 0.429 e. The van der Waals surface area contributed by atoms with Crippen molar-refractivity contribution < 1.29 is 26.7 Å². The molecule has 0 amide bonds. The summed E-state index contributed by atoms with van der Waals surface area (Å²) in [6.07, 6.45) is 7.02. The van der Waals surface area contributed by atoms with Gasteiger partial charge >= 0.3 is 6.61 Å². The quantitative estimate of drug-likeness (QED) is 0.267. The first kappa shape index (κ1) is 24.1. The van der Waals surface area contributed by atoms with Gasteiger partial charge in [0.15, 0.2) is 17.4 Å². The Labute approximate surface area is 195 Å². The van der Waals surface area contributed by atoms with Crippen LogP contribution in [0.3, 0.4) is 0 Å². The fourth-order valence-corrected chi connectivity index (χ4v) is 4.69. The summed E-state index contributed by atoms with van der Waals surface area (Å²) < 4.78 is 72.3. The summed E-state index contributed by atoms with van der Waals surface area (Å²) in [5.74, 6) is 3.37. The van der Waals surface area contributed by atoms with Gasteiger partial charge < -0.3 is 4.74 Å². The molecule has 178 valence electrons. The van der Waals surface area contributed by atoms with Crippen molar-refractivity contribution in [3.8, 4) is 28.7 Å². The molecule has 6 heteroatoms. The van der Waals surface area contributed by atoms with Gasteiger partial charge in [0.1, 0.15) is 5.82 Å². The van der Waals surface area contributed by atoms with Gasteiger partial charge in [-0.2, -0.15) is 8.78 Å². The molecule has 0 spiro atoms. The minimum atomic E-state index is -3.35. The van der Waals surface area contributed by atoms with Crippen LogP contribution in [0.5, 0.6) is 5.75 Å². The number of alkyl halides is 2. The second-order valence-corrected chi connectivity index (χ2v) is 8.79. The fourth-order valence-electron chi connectivity index (χ4n) is 4.69. The Morgan fingerprint density at radius 1 is 0.941 bits per heavy atom. The van der Waals surface area contributed by atoms with Crippen molar-refractivity contribution in [3.63, 3.8) is 0 Å². The number of hydrogen-bond donors (Lipinski definition) is 0. The van der Waals surface area contributed by atoms with Gasteiger partial charge in [-0.1, -0.05) is 49.8 Å². The molecule has 0 heterocycles. The molecule has 0 radical (unpaired) electrons. The normalized spacial score (nSPS) is 18.1. The number of fused-ring (bicyclic) bond motifs is 1. The van der Waals surface area contributed by atoms with E-state index in [4.69, 9.17) is 0 Å². The van der Waals surface area contributed by atoms with Gasteiger partial charge in [-0.25, -0.2) is 13.2 Å². The lowest BCUT2D eigenvalue weighted by molar-refractivity contribution is -0.0544. The smallest absolute Gasteiger partial charge is 0.387 e. The lowest BCUT2D eigenvalue weighted by atomic mass is 9.80. The molecule has 1 nitrogen and oxygen atoms in total. The van der Waals surface area contributed by atoms with E-state index in [2.05, 4.69) is 23.5 Å². The third kappa shape index (κ3) is 5.35. The average molecular weight is 472 g/mol. The van der Waals surface area contributed by atoms with E-state index in [0.717, 1.165) is 24.8 Å². The molecule has 0 aliphatic heterocycles. The Hall–Kier alpha value is -3.07. The third-order valence-electron chi connectivity index (χ3n) is 6.44. The molecule has 1 aliphatic rings. The lowest BCUT2D eigenvalue weighted by Crippen LogP contribution is -2.13. The van der Waals surface area contributed by atoms with Crippen LogP contribution in [0, 0.1) is 41.1 Å². The van der Waals surface area contributed by atoms with Crippen molar-refractivity contribution in [2.75, 3.05) is 0 Å². The summed E-state index contributed by atoms with van der Waals surface area (Å²) in [7, 11) is 0. The molecule has 0 aromatic heterocycles. The van der Waals surface area contributed by atoms with E-state index in [1.807, 2.05) is 0 Å². The van der Waals surface area contributed by atoms with Crippen LogP contribution in [0.4, 0.5) is 22.0 Å². The first-order valence-electron chi connectivity index (χ1n) is 11.5. The Bertz CT molecular complexity index is 1230. The SMILES string of the molecule is CCCC1CCC(C#Cc2ccc(-c3ccc4c(F)c(OC(F)F)c(F)cc4c3)c(F)c2)CC1. The summed E-state index contributed by atoms with van der Waals surface area (Å²) in [5.41, 5.74) is 1.23. The number of ether oxygens (including phenoxy) is 1. The standard InChI is InChI=1S/C28H25F5O/c1-2-3-17-4-6-18(7-5-17)8-9-19-10-12-22(24(29)14-19)20-11-13-23-21(15-20)16-25(30)27(26(23)31)34-28(32)33/h10-18,28H,2-7H2,1H3. The maximum Gasteiger partial charge on any atom is 0.387 e. The predicted octanol–water partition coefficient (Wildman–Crippen LogP) is 8.48. The minimum Gasteiger partial charge on any atom is -0.429 e. The topological polar surface area (TPSA) is 9.23 Å². The van der Waals surface area contributed by atoms with Crippen molar-refractivity contribution in [1.82, 2.24) is 0 Å². The molecule has 4 rings (SSSR count). The number of hydrogen-bond acceptors (Lipinski definition) is 1. The highest BCUT2D eigenvalue weighted by Crippen LogP contribution is 2.34. The summed E-state index contributed by atoms with van der Waals surface area (Å²) in [6, 6.07) is 9.71. The van der Waals surface area contributed by atoms with Crippen LogP contribution in [0.2, 0.25) is 0 Å². The molecule has 0 saturated heterocycles. The second-order valence-electron chi connectivity index (χ2n) is 8.79. The Balaban J connectivity index is 1.55. The Morgan fingerprint density at radius 2 is 1.71 bits per heavy atom. The van der Waals surface area contributed by atoms with Crippen molar-refractivity contribution in [1.29, 1.82) is 0 Å². The zero-order valence-electron chi connectivity index (χ0n) is 18.8. The molecule has 0 bridgehead atoms. The maximum absolute atomic E-state index is 14.9. The third-order valence-corrected chi connectivity index (χ3v) is 6.44. The highest BCUT2D eigenvalue weighted by molar-refractivity contribution is 5.89. The molecule has 3 aromatic rings. The number of halogens is 5. The van der Waals surface area contributed by atoms with Gasteiger partial charge in [0.25, 0.3) is 0 Å². The average Bonchev–Trinajstić information content (AvgIpc) is 2.81. The summed E-state index contributed by atoms with van der Waals surface area (Å²) in [5, 5.41) is 0.00779. The molecule has 0 unspecified atom stereocenters. The van der Waals surface area contributed by atoms with Gasteiger partial charge in [-0.3, -0.25) is 0 Å². The summed E-state index contributed by atoms with van der Waals surface area (Å²) >= 11 is 0. The molecule has 0 atom stereocenters. The first-order chi connectivity index (χ1) is 16.4. The molecule has 1 aliphatic carbocycles. The highest BCUT2D eigenvalue weighted by atomic mass is 19.3. The zero-order valence-corrected chi connectivity index (χ0v) is 18.8. The van der Waals surface area contributed by atoms with Crippen molar-refractivity contribution >= 4 is 10.8 Å². The van der Waals surface area contributed by atoms with E-state index in [9.17, 15) is 22.0 Å². The van der Waals surface area contributed by atoms with Crippen molar-refractivity contribution in [2.45, 2.75) is 52.1 Å². The van der Waals surface area contributed by atoms with Gasteiger partial charge in [-0.05, 0) is 66.8 Å². The highest BCUT2D eigenvalue weighted by Gasteiger charge is 2.20. The first-order valence-corrected chi connectivity index (χ1v) is 11.5.